The van der Waals surface area contributed by atoms with Crippen LogP contribution in [-0.4, -0.2) is 47.3 Å². The molecule has 0 aliphatic heterocycles. The van der Waals surface area contributed by atoms with Crippen LogP contribution in [0.2, 0.25) is 0 Å². The number of anilines is 1. The zero-order valence-corrected chi connectivity index (χ0v) is 12.1. The van der Waals surface area contributed by atoms with Crippen LogP contribution in [0.5, 0.6) is 0 Å². The largest absolute Gasteiger partial charge is 0.395 e. The quantitative estimate of drug-likeness (QED) is 0.729. The first-order valence-electron chi connectivity index (χ1n) is 5.62. The second-order valence-corrected chi connectivity index (χ2v) is 6.48. The molecule has 0 fully saturated rings. The van der Waals surface area contributed by atoms with E-state index in [0.717, 1.165) is 22.3 Å². The van der Waals surface area contributed by atoms with E-state index in [4.69, 9.17) is 5.73 Å². The Hall–Kier alpha value is -0.370. The SMILES string of the molecule is CCCC(N)C(CO)Sc1nnc(N(C)C)s1. The Balaban J connectivity index is 2.60. The molecule has 98 valence electrons. The summed E-state index contributed by atoms with van der Waals surface area (Å²) in [4.78, 5) is 1.92. The molecule has 1 aromatic rings. The van der Waals surface area contributed by atoms with Crippen LogP contribution in [0.4, 0.5) is 5.13 Å². The van der Waals surface area contributed by atoms with Crippen LogP contribution in [0.25, 0.3) is 0 Å². The molecule has 2 atom stereocenters. The van der Waals surface area contributed by atoms with Crippen LogP contribution in [0.3, 0.4) is 0 Å². The van der Waals surface area contributed by atoms with E-state index in [2.05, 4.69) is 17.1 Å². The average molecular weight is 276 g/mol. The van der Waals surface area contributed by atoms with Crippen molar-refractivity contribution in [1.82, 2.24) is 10.2 Å². The molecule has 1 aromatic heterocycles. The first-order chi connectivity index (χ1) is 8.08. The summed E-state index contributed by atoms with van der Waals surface area (Å²) in [5, 5.41) is 18.4. The summed E-state index contributed by atoms with van der Waals surface area (Å²) in [6.45, 7) is 2.16. The monoisotopic (exact) mass is 276 g/mol. The Labute approximate surface area is 110 Å². The fourth-order valence-corrected chi connectivity index (χ4v) is 3.36. The number of thioether (sulfide) groups is 1. The van der Waals surface area contributed by atoms with E-state index in [0.29, 0.717) is 0 Å². The Kier molecular flexibility index (Phi) is 6.18. The average Bonchev–Trinajstić information content (AvgIpc) is 2.74. The van der Waals surface area contributed by atoms with Gasteiger partial charge in [-0.05, 0) is 6.42 Å². The Morgan fingerprint density at radius 3 is 2.65 bits per heavy atom. The Bertz CT molecular complexity index is 332. The fraction of sp³-hybridized carbons (Fsp3) is 0.800. The van der Waals surface area contributed by atoms with E-state index in [1.54, 1.807) is 0 Å². The van der Waals surface area contributed by atoms with E-state index in [9.17, 15) is 5.11 Å². The van der Waals surface area contributed by atoms with Gasteiger partial charge in [-0.3, -0.25) is 0 Å². The predicted octanol–water partition coefficient (Wildman–Crippen LogP) is 1.18. The van der Waals surface area contributed by atoms with Gasteiger partial charge in [-0.1, -0.05) is 36.4 Å². The maximum Gasteiger partial charge on any atom is 0.208 e. The number of nitrogens with zero attached hydrogens (tertiary/aromatic N) is 3. The van der Waals surface area contributed by atoms with Crippen LogP contribution in [0.1, 0.15) is 19.8 Å². The Morgan fingerprint density at radius 1 is 1.47 bits per heavy atom. The Morgan fingerprint density at radius 2 is 2.18 bits per heavy atom. The number of aromatic nitrogens is 2. The van der Waals surface area contributed by atoms with Gasteiger partial charge < -0.3 is 15.7 Å². The zero-order chi connectivity index (χ0) is 12.8. The van der Waals surface area contributed by atoms with E-state index in [1.807, 2.05) is 19.0 Å². The second kappa shape index (κ2) is 7.15. The lowest BCUT2D eigenvalue weighted by atomic mass is 10.1. The van der Waals surface area contributed by atoms with Crippen molar-refractivity contribution in [3.8, 4) is 0 Å². The maximum atomic E-state index is 9.35. The molecular formula is C10H20N4OS2. The van der Waals surface area contributed by atoms with Crippen LogP contribution < -0.4 is 10.6 Å². The first-order valence-corrected chi connectivity index (χ1v) is 7.32. The van der Waals surface area contributed by atoms with Crippen molar-refractivity contribution in [2.75, 3.05) is 25.6 Å². The standard InChI is InChI=1S/C10H20N4OS2/c1-4-5-7(11)8(6-15)16-10-13-12-9(17-10)14(2)3/h7-8,15H,4-6,11H2,1-3H3. The van der Waals surface area contributed by atoms with Crippen LogP contribution in [0, 0.1) is 0 Å². The number of aliphatic hydroxyl groups excluding tert-OH is 1. The minimum absolute atomic E-state index is 0.00158. The van der Waals surface area contributed by atoms with Crippen molar-refractivity contribution in [1.29, 1.82) is 0 Å². The summed E-state index contributed by atoms with van der Waals surface area (Å²) in [5.74, 6) is 0. The topological polar surface area (TPSA) is 75.3 Å². The normalized spacial score (nSPS) is 14.6. The summed E-state index contributed by atoms with van der Waals surface area (Å²) in [7, 11) is 3.86. The van der Waals surface area contributed by atoms with Crippen molar-refractivity contribution in [2.24, 2.45) is 5.73 Å². The zero-order valence-electron chi connectivity index (χ0n) is 10.5. The highest BCUT2D eigenvalue weighted by Gasteiger charge is 2.20. The highest BCUT2D eigenvalue weighted by molar-refractivity contribution is 8.01. The van der Waals surface area contributed by atoms with Crippen molar-refractivity contribution in [3.05, 3.63) is 0 Å². The highest BCUT2D eigenvalue weighted by Crippen LogP contribution is 2.31. The summed E-state index contributed by atoms with van der Waals surface area (Å²) >= 11 is 3.04. The van der Waals surface area contributed by atoms with E-state index >= 15 is 0 Å². The second-order valence-electron chi connectivity index (χ2n) is 4.04. The third kappa shape index (κ3) is 4.42. The molecule has 2 unspecified atom stereocenters. The van der Waals surface area contributed by atoms with Gasteiger partial charge in [0, 0.05) is 20.1 Å². The third-order valence-corrected chi connectivity index (χ3v) is 4.82. The van der Waals surface area contributed by atoms with Crippen LogP contribution in [-0.2, 0) is 0 Å². The van der Waals surface area contributed by atoms with Gasteiger partial charge in [-0.2, -0.15) is 0 Å². The van der Waals surface area contributed by atoms with Crippen molar-refractivity contribution in [2.45, 2.75) is 35.4 Å². The molecule has 0 aliphatic rings. The number of hydrogen-bond acceptors (Lipinski definition) is 7. The van der Waals surface area contributed by atoms with Gasteiger partial charge in [0.2, 0.25) is 5.13 Å². The fourth-order valence-electron chi connectivity index (χ4n) is 1.34. The number of aliphatic hydroxyl groups is 1. The molecule has 0 saturated carbocycles. The molecule has 17 heavy (non-hydrogen) atoms. The summed E-state index contributed by atoms with van der Waals surface area (Å²) < 4.78 is 0.860. The van der Waals surface area contributed by atoms with Crippen LogP contribution in [0.15, 0.2) is 4.34 Å². The molecular weight excluding hydrogens is 256 g/mol. The van der Waals surface area contributed by atoms with Crippen molar-refractivity contribution in [3.63, 3.8) is 0 Å². The van der Waals surface area contributed by atoms with E-state index in [1.165, 1.54) is 23.1 Å². The van der Waals surface area contributed by atoms with Gasteiger partial charge in [-0.15, -0.1) is 10.2 Å². The predicted molar refractivity (Wildman–Crippen MR) is 73.9 cm³/mol. The number of hydrogen-bond donors (Lipinski definition) is 2. The molecule has 0 saturated heterocycles. The summed E-state index contributed by atoms with van der Waals surface area (Å²) in [5.41, 5.74) is 6.02. The van der Waals surface area contributed by atoms with Gasteiger partial charge in [0.15, 0.2) is 4.34 Å². The lowest BCUT2D eigenvalue weighted by Gasteiger charge is -2.19. The molecule has 7 heteroatoms. The molecule has 1 heterocycles. The lowest BCUT2D eigenvalue weighted by molar-refractivity contribution is 0.279. The van der Waals surface area contributed by atoms with Crippen molar-refractivity contribution < 1.29 is 5.11 Å². The molecule has 0 bridgehead atoms. The molecule has 0 spiro atoms. The van der Waals surface area contributed by atoms with Gasteiger partial charge in [0.05, 0.1) is 11.9 Å². The molecule has 0 aromatic carbocycles. The number of rotatable bonds is 7. The summed E-state index contributed by atoms with van der Waals surface area (Å²) in [6, 6.07) is 0.00158. The minimum Gasteiger partial charge on any atom is -0.395 e. The van der Waals surface area contributed by atoms with E-state index < -0.39 is 0 Å². The molecule has 5 nitrogen and oxygen atoms in total. The van der Waals surface area contributed by atoms with Gasteiger partial charge in [0.1, 0.15) is 0 Å². The number of nitrogens with two attached hydrogens (primary N) is 1. The first kappa shape index (κ1) is 14.7. The van der Waals surface area contributed by atoms with Crippen molar-refractivity contribution >= 4 is 28.2 Å². The molecule has 3 N–H and O–H groups in total. The molecule has 0 amide bonds. The van der Waals surface area contributed by atoms with Gasteiger partial charge in [-0.25, -0.2) is 0 Å². The van der Waals surface area contributed by atoms with Crippen LogP contribution >= 0.6 is 23.1 Å². The van der Waals surface area contributed by atoms with Gasteiger partial charge >= 0.3 is 0 Å². The molecule has 1 rings (SSSR count). The summed E-state index contributed by atoms with van der Waals surface area (Å²) in [6.07, 6.45) is 1.94. The minimum atomic E-state index is -0.00193. The lowest BCUT2D eigenvalue weighted by Crippen LogP contribution is -2.34. The third-order valence-electron chi connectivity index (χ3n) is 2.31. The molecule has 0 radical (unpaired) electrons. The van der Waals surface area contributed by atoms with E-state index in [-0.39, 0.29) is 17.9 Å². The smallest absolute Gasteiger partial charge is 0.208 e. The maximum absolute atomic E-state index is 9.35. The highest BCUT2D eigenvalue weighted by atomic mass is 32.2. The van der Waals surface area contributed by atoms with Gasteiger partial charge in [0.25, 0.3) is 0 Å². The molecule has 0 aliphatic carbocycles.